The molecular formula is C18H23N7OS. The summed E-state index contributed by atoms with van der Waals surface area (Å²) in [5.74, 6) is 1.74. The van der Waals surface area contributed by atoms with E-state index < -0.39 is 9.73 Å². The van der Waals surface area contributed by atoms with E-state index in [2.05, 4.69) is 44.6 Å². The quantitative estimate of drug-likeness (QED) is 0.492. The van der Waals surface area contributed by atoms with Crippen molar-refractivity contribution in [3.05, 3.63) is 53.9 Å². The van der Waals surface area contributed by atoms with Crippen LogP contribution in [0.4, 0.5) is 17.5 Å². The second-order valence-corrected chi connectivity index (χ2v) is 8.65. The molecule has 4 N–H and O–H groups in total. The average Bonchev–Trinajstić information content (AvgIpc) is 3.09. The molecule has 0 amide bonds. The van der Waals surface area contributed by atoms with Gasteiger partial charge in [0, 0.05) is 24.6 Å². The maximum absolute atomic E-state index is 12.3. The van der Waals surface area contributed by atoms with Crippen molar-refractivity contribution in [1.82, 2.24) is 20.2 Å². The molecule has 0 aliphatic heterocycles. The number of nitrogens with one attached hydrogen (secondary N) is 4. The zero-order valence-corrected chi connectivity index (χ0v) is 16.3. The highest BCUT2D eigenvalue weighted by Crippen LogP contribution is 2.22. The molecule has 1 atom stereocenters. The first-order valence-electron chi connectivity index (χ1n) is 8.54. The van der Waals surface area contributed by atoms with Crippen LogP contribution in [-0.2, 0) is 16.3 Å². The van der Waals surface area contributed by atoms with E-state index in [1.807, 2.05) is 36.4 Å². The number of anilines is 3. The molecule has 9 heteroatoms. The van der Waals surface area contributed by atoms with Gasteiger partial charge in [0.25, 0.3) is 0 Å². The lowest BCUT2D eigenvalue weighted by atomic mass is 10.1. The van der Waals surface area contributed by atoms with Crippen molar-refractivity contribution in [2.24, 2.45) is 0 Å². The van der Waals surface area contributed by atoms with E-state index in [4.69, 9.17) is 4.78 Å². The van der Waals surface area contributed by atoms with E-state index in [1.165, 1.54) is 12.5 Å². The van der Waals surface area contributed by atoms with Gasteiger partial charge >= 0.3 is 0 Å². The number of hydrogen-bond acceptors (Lipinski definition) is 7. The average molecular weight is 385 g/mol. The highest BCUT2D eigenvalue weighted by atomic mass is 32.2. The van der Waals surface area contributed by atoms with Crippen molar-refractivity contribution >= 4 is 27.2 Å². The van der Waals surface area contributed by atoms with Gasteiger partial charge in [0.2, 0.25) is 0 Å². The minimum absolute atomic E-state index is 0.133. The normalized spacial score (nSPS) is 13.3. The lowest BCUT2D eigenvalue weighted by Gasteiger charge is -2.12. The summed E-state index contributed by atoms with van der Waals surface area (Å²) in [4.78, 5) is 8.68. The van der Waals surface area contributed by atoms with Crippen molar-refractivity contribution in [1.29, 1.82) is 4.78 Å². The van der Waals surface area contributed by atoms with E-state index in [-0.39, 0.29) is 5.03 Å². The van der Waals surface area contributed by atoms with E-state index in [9.17, 15) is 4.21 Å². The van der Waals surface area contributed by atoms with Crippen LogP contribution in [0.5, 0.6) is 0 Å². The SMILES string of the molecule is CC(C)c1cc(Nc2cnc(S(C)(=N)=O)c(NCc3ccccc3)n2)n[nH]1. The fraction of sp³-hybridized carbons (Fsp3) is 0.278. The standard InChI is InChI=1S/C18H23N7OS/c1-12(2)14-9-15(25-24-14)22-16-11-21-18(27(3,19)26)17(23-16)20-10-13-7-5-4-6-8-13/h4-9,11-12,19H,10H2,1-3H3,(H3,20,22,23,24,25). The Morgan fingerprint density at radius 3 is 2.59 bits per heavy atom. The van der Waals surface area contributed by atoms with Crippen LogP contribution in [0.3, 0.4) is 0 Å². The number of aromatic amines is 1. The topological polar surface area (TPSA) is 119 Å². The van der Waals surface area contributed by atoms with Gasteiger partial charge in [-0.3, -0.25) is 5.10 Å². The zero-order valence-electron chi connectivity index (χ0n) is 15.5. The van der Waals surface area contributed by atoms with Crippen LogP contribution >= 0.6 is 0 Å². The summed E-state index contributed by atoms with van der Waals surface area (Å²) in [5, 5.41) is 13.5. The van der Waals surface area contributed by atoms with E-state index in [0.717, 1.165) is 11.3 Å². The number of aromatic nitrogens is 4. The largest absolute Gasteiger partial charge is 0.364 e. The lowest BCUT2D eigenvalue weighted by Crippen LogP contribution is -2.11. The van der Waals surface area contributed by atoms with Gasteiger partial charge in [-0.1, -0.05) is 44.2 Å². The molecule has 0 fully saturated rings. The minimum Gasteiger partial charge on any atom is -0.364 e. The van der Waals surface area contributed by atoms with Gasteiger partial charge in [-0.2, -0.15) is 5.10 Å². The Morgan fingerprint density at radius 2 is 1.96 bits per heavy atom. The van der Waals surface area contributed by atoms with Crippen LogP contribution in [-0.4, -0.2) is 30.6 Å². The molecule has 142 valence electrons. The minimum atomic E-state index is -3.02. The van der Waals surface area contributed by atoms with Crippen molar-refractivity contribution < 1.29 is 4.21 Å². The third-order valence-electron chi connectivity index (χ3n) is 3.89. The number of hydrogen-bond donors (Lipinski definition) is 4. The molecule has 0 saturated heterocycles. The summed E-state index contributed by atoms with van der Waals surface area (Å²) >= 11 is 0. The Balaban J connectivity index is 1.85. The fourth-order valence-corrected chi connectivity index (χ4v) is 3.19. The molecular weight excluding hydrogens is 362 g/mol. The first-order chi connectivity index (χ1) is 12.8. The van der Waals surface area contributed by atoms with Gasteiger partial charge < -0.3 is 10.6 Å². The Hall–Kier alpha value is -2.94. The Labute approximate surface area is 158 Å². The highest BCUT2D eigenvalue weighted by Gasteiger charge is 2.15. The smallest absolute Gasteiger partial charge is 0.177 e. The number of nitrogens with zero attached hydrogens (tertiary/aromatic N) is 3. The molecule has 0 bridgehead atoms. The van der Waals surface area contributed by atoms with E-state index in [1.54, 1.807) is 0 Å². The zero-order chi connectivity index (χ0) is 19.4. The summed E-state index contributed by atoms with van der Waals surface area (Å²) in [6.07, 6.45) is 2.80. The van der Waals surface area contributed by atoms with E-state index >= 15 is 0 Å². The van der Waals surface area contributed by atoms with Crippen molar-refractivity contribution in [3.8, 4) is 0 Å². The number of H-pyrrole nitrogens is 1. The third kappa shape index (κ3) is 4.82. The molecule has 0 saturated carbocycles. The van der Waals surface area contributed by atoms with Crippen LogP contribution < -0.4 is 10.6 Å². The Kier molecular flexibility index (Phi) is 5.41. The third-order valence-corrected chi connectivity index (χ3v) is 4.92. The molecule has 3 rings (SSSR count). The molecule has 0 radical (unpaired) electrons. The second-order valence-electron chi connectivity index (χ2n) is 6.58. The maximum atomic E-state index is 12.3. The van der Waals surface area contributed by atoms with Crippen molar-refractivity contribution in [2.45, 2.75) is 31.3 Å². The van der Waals surface area contributed by atoms with Crippen LogP contribution in [0.1, 0.15) is 31.0 Å². The summed E-state index contributed by atoms with van der Waals surface area (Å²) in [6.45, 7) is 4.63. The number of benzene rings is 1. The second kappa shape index (κ2) is 7.75. The lowest BCUT2D eigenvalue weighted by molar-refractivity contribution is 0.675. The predicted octanol–water partition coefficient (Wildman–Crippen LogP) is 3.71. The first kappa shape index (κ1) is 18.8. The van der Waals surface area contributed by atoms with Crippen LogP contribution in [0.15, 0.2) is 47.6 Å². The molecule has 0 aliphatic rings. The molecule has 1 aromatic carbocycles. The van der Waals surface area contributed by atoms with Gasteiger partial charge in [0.1, 0.15) is 0 Å². The Bertz CT molecular complexity index is 1010. The van der Waals surface area contributed by atoms with Crippen molar-refractivity contribution in [3.63, 3.8) is 0 Å². The van der Waals surface area contributed by atoms with Crippen LogP contribution in [0, 0.1) is 4.78 Å². The van der Waals surface area contributed by atoms with Crippen molar-refractivity contribution in [2.75, 3.05) is 16.9 Å². The summed E-state index contributed by atoms with van der Waals surface area (Å²) in [6, 6.07) is 11.7. The first-order valence-corrected chi connectivity index (χ1v) is 10.5. The molecule has 8 nitrogen and oxygen atoms in total. The van der Waals surface area contributed by atoms with Gasteiger partial charge in [0.05, 0.1) is 15.9 Å². The summed E-state index contributed by atoms with van der Waals surface area (Å²) in [7, 11) is -3.02. The van der Waals surface area contributed by atoms with Crippen LogP contribution in [0.25, 0.3) is 0 Å². The van der Waals surface area contributed by atoms with E-state index in [0.29, 0.717) is 29.9 Å². The highest BCUT2D eigenvalue weighted by molar-refractivity contribution is 7.91. The van der Waals surface area contributed by atoms with Crippen LogP contribution in [0.2, 0.25) is 0 Å². The molecule has 3 aromatic rings. The van der Waals surface area contributed by atoms with Gasteiger partial charge in [0.15, 0.2) is 22.5 Å². The fourth-order valence-electron chi connectivity index (χ4n) is 2.45. The molecule has 0 spiro atoms. The maximum Gasteiger partial charge on any atom is 0.177 e. The number of rotatable bonds is 7. The monoisotopic (exact) mass is 385 g/mol. The molecule has 0 aliphatic carbocycles. The molecule has 1 unspecified atom stereocenters. The van der Waals surface area contributed by atoms with Gasteiger partial charge in [-0.05, 0) is 11.5 Å². The molecule has 27 heavy (non-hydrogen) atoms. The van der Waals surface area contributed by atoms with Gasteiger partial charge in [-0.25, -0.2) is 19.0 Å². The molecule has 2 heterocycles. The summed E-state index contributed by atoms with van der Waals surface area (Å²) in [5.41, 5.74) is 2.05. The Morgan fingerprint density at radius 1 is 1.22 bits per heavy atom. The summed E-state index contributed by atoms with van der Waals surface area (Å²) < 4.78 is 20.1. The predicted molar refractivity (Wildman–Crippen MR) is 107 cm³/mol. The van der Waals surface area contributed by atoms with Gasteiger partial charge in [-0.15, -0.1) is 0 Å². The molecule has 2 aromatic heterocycles.